The van der Waals surface area contributed by atoms with Gasteiger partial charge in [0.2, 0.25) is 0 Å². The number of aliphatic carboxylic acids is 1. The summed E-state index contributed by atoms with van der Waals surface area (Å²) in [4.78, 5) is 11.0. The predicted molar refractivity (Wildman–Crippen MR) is 68.0 cm³/mol. The zero-order valence-electron chi connectivity index (χ0n) is 12.1. The van der Waals surface area contributed by atoms with E-state index in [2.05, 4.69) is 0 Å². The van der Waals surface area contributed by atoms with Crippen molar-refractivity contribution in [1.29, 1.82) is 0 Å². The zero-order valence-corrected chi connectivity index (χ0v) is 12.1. The number of hydrogen-bond acceptors (Lipinski definition) is 10. The summed E-state index contributed by atoms with van der Waals surface area (Å²) in [5.74, 6) is -1.44. The molecule has 0 radical (unpaired) electrons. The van der Waals surface area contributed by atoms with Crippen molar-refractivity contribution in [3.63, 3.8) is 0 Å². The minimum absolute atomic E-state index is 0.339. The molecule has 0 saturated carbocycles. The van der Waals surface area contributed by atoms with Crippen molar-refractivity contribution in [1.82, 2.24) is 0 Å². The predicted octanol–water partition coefficient (Wildman–Crippen LogP) is -4.01. The van der Waals surface area contributed by atoms with E-state index in [1.54, 1.807) is 0 Å². The van der Waals surface area contributed by atoms with Gasteiger partial charge in [-0.15, -0.1) is 0 Å². The molecule has 0 bridgehead atoms. The molecule has 2 rings (SSSR count). The molecule has 11 nitrogen and oxygen atoms in total. The highest BCUT2D eigenvalue weighted by atomic mass is 16.7. The SMILES string of the molecule is CO[C@H]1[C@H](O)[C@@H](O[C@@H]2OC[C@@H](O)[C@H](O)[C@H]2O)[C@@H](O)O[C@@H]1C(=O)O. The summed E-state index contributed by atoms with van der Waals surface area (Å²) in [6.45, 7) is -0.339. The molecular weight excluding hydrogens is 320 g/mol. The van der Waals surface area contributed by atoms with Gasteiger partial charge < -0.3 is 49.6 Å². The van der Waals surface area contributed by atoms with Crippen molar-refractivity contribution >= 4 is 5.97 Å². The first kappa shape index (κ1) is 18.4. The maximum Gasteiger partial charge on any atom is 0.335 e. The topological polar surface area (TPSA) is 175 Å². The number of aliphatic hydroxyl groups is 5. The van der Waals surface area contributed by atoms with Crippen LogP contribution in [0.3, 0.4) is 0 Å². The van der Waals surface area contributed by atoms with Crippen LogP contribution in [0.5, 0.6) is 0 Å². The lowest BCUT2D eigenvalue weighted by Gasteiger charge is -2.43. The molecule has 2 aliphatic heterocycles. The minimum atomic E-state index is -1.84. The van der Waals surface area contributed by atoms with Gasteiger partial charge in [-0.1, -0.05) is 0 Å². The van der Waals surface area contributed by atoms with Gasteiger partial charge in [0.05, 0.1) is 6.61 Å². The van der Waals surface area contributed by atoms with E-state index >= 15 is 0 Å². The van der Waals surface area contributed by atoms with Crippen molar-refractivity contribution in [2.75, 3.05) is 13.7 Å². The van der Waals surface area contributed by atoms with Crippen LogP contribution in [0.1, 0.15) is 0 Å². The Morgan fingerprint density at radius 2 is 1.70 bits per heavy atom. The van der Waals surface area contributed by atoms with Crippen LogP contribution < -0.4 is 0 Å². The fourth-order valence-electron chi connectivity index (χ4n) is 2.50. The average Bonchev–Trinajstić information content (AvgIpc) is 2.50. The third-order valence-electron chi connectivity index (χ3n) is 3.80. The quantitative estimate of drug-likeness (QED) is 0.294. The van der Waals surface area contributed by atoms with E-state index in [4.69, 9.17) is 24.1 Å². The molecule has 0 spiro atoms. The molecule has 2 aliphatic rings. The van der Waals surface area contributed by atoms with Crippen molar-refractivity contribution in [2.45, 2.75) is 55.3 Å². The van der Waals surface area contributed by atoms with E-state index in [1.807, 2.05) is 0 Å². The molecule has 0 aromatic rings. The molecule has 0 aromatic heterocycles. The van der Waals surface area contributed by atoms with Crippen LogP contribution in [-0.2, 0) is 23.7 Å². The Hall–Kier alpha value is -0.890. The Kier molecular flexibility index (Phi) is 5.89. The van der Waals surface area contributed by atoms with Gasteiger partial charge in [0.25, 0.3) is 0 Å². The van der Waals surface area contributed by atoms with Gasteiger partial charge in [-0.2, -0.15) is 0 Å². The summed E-state index contributed by atoms with van der Waals surface area (Å²) in [5, 5.41) is 57.7. The molecule has 2 saturated heterocycles. The van der Waals surface area contributed by atoms with Crippen LogP contribution in [-0.4, -0.2) is 106 Å². The van der Waals surface area contributed by atoms with Crippen LogP contribution in [0, 0.1) is 0 Å². The molecule has 0 amide bonds. The van der Waals surface area contributed by atoms with Gasteiger partial charge in [0, 0.05) is 7.11 Å². The number of rotatable bonds is 4. The number of ether oxygens (including phenoxy) is 4. The smallest absolute Gasteiger partial charge is 0.335 e. The lowest BCUT2D eigenvalue weighted by Crippen LogP contribution is -2.63. The van der Waals surface area contributed by atoms with Gasteiger partial charge >= 0.3 is 5.97 Å². The summed E-state index contributed by atoms with van der Waals surface area (Å²) >= 11 is 0. The Bertz CT molecular complexity index is 418. The fraction of sp³-hybridized carbons (Fsp3) is 0.917. The third kappa shape index (κ3) is 3.63. The Labute approximate surface area is 130 Å². The van der Waals surface area contributed by atoms with Crippen LogP contribution in [0.2, 0.25) is 0 Å². The first-order chi connectivity index (χ1) is 10.8. The number of methoxy groups -OCH3 is 1. The Morgan fingerprint density at radius 1 is 1.04 bits per heavy atom. The van der Waals surface area contributed by atoms with E-state index in [0.717, 1.165) is 7.11 Å². The summed E-state index contributed by atoms with van der Waals surface area (Å²) < 4.78 is 19.9. The van der Waals surface area contributed by atoms with Gasteiger partial charge in [0.15, 0.2) is 18.7 Å². The van der Waals surface area contributed by atoms with Gasteiger partial charge in [-0.05, 0) is 0 Å². The van der Waals surface area contributed by atoms with E-state index in [1.165, 1.54) is 0 Å². The molecule has 0 aromatic carbocycles. The second kappa shape index (κ2) is 7.34. The van der Waals surface area contributed by atoms with Crippen LogP contribution >= 0.6 is 0 Å². The van der Waals surface area contributed by atoms with E-state index in [0.29, 0.717) is 0 Å². The normalized spacial score (nSPS) is 48.2. The molecule has 2 heterocycles. The second-order valence-electron chi connectivity index (χ2n) is 5.33. The first-order valence-corrected chi connectivity index (χ1v) is 6.86. The summed E-state index contributed by atoms with van der Waals surface area (Å²) in [7, 11) is 1.15. The summed E-state index contributed by atoms with van der Waals surface area (Å²) in [6, 6.07) is 0. The van der Waals surface area contributed by atoms with Gasteiger partial charge in [-0.25, -0.2) is 4.79 Å². The van der Waals surface area contributed by atoms with Crippen molar-refractivity contribution in [3.8, 4) is 0 Å². The van der Waals surface area contributed by atoms with Crippen molar-refractivity contribution in [2.24, 2.45) is 0 Å². The lowest BCUT2D eigenvalue weighted by atomic mass is 9.98. The van der Waals surface area contributed by atoms with E-state index in [9.17, 15) is 30.3 Å². The lowest BCUT2D eigenvalue weighted by molar-refractivity contribution is -0.347. The standard InChI is InChI=1S/C12H20O11/c1-20-7-6(16)8(11(19)22-9(7)10(17)18)23-12-5(15)4(14)3(13)2-21-12/h3-9,11-16,19H,2H2,1H3,(H,17,18)/t3-,4+,5-,6+,7+,8-,9+,11+,12+/m1/s1. The number of carboxylic acids is 1. The van der Waals surface area contributed by atoms with E-state index in [-0.39, 0.29) is 6.61 Å². The monoisotopic (exact) mass is 340 g/mol. The number of aliphatic hydroxyl groups excluding tert-OH is 5. The maximum atomic E-state index is 11.0. The fourth-order valence-corrected chi connectivity index (χ4v) is 2.50. The second-order valence-corrected chi connectivity index (χ2v) is 5.33. The van der Waals surface area contributed by atoms with E-state index < -0.39 is 61.3 Å². The van der Waals surface area contributed by atoms with Gasteiger partial charge in [-0.3, -0.25) is 0 Å². The summed E-state index contributed by atoms with van der Waals surface area (Å²) in [5.41, 5.74) is 0. The minimum Gasteiger partial charge on any atom is -0.479 e. The highest BCUT2D eigenvalue weighted by Gasteiger charge is 2.51. The highest BCUT2D eigenvalue weighted by molar-refractivity contribution is 5.73. The van der Waals surface area contributed by atoms with Gasteiger partial charge in [0.1, 0.15) is 36.6 Å². The Balaban J connectivity index is 2.08. The molecule has 6 N–H and O–H groups in total. The van der Waals surface area contributed by atoms with Crippen LogP contribution in [0.25, 0.3) is 0 Å². The number of carbonyl (C=O) groups is 1. The third-order valence-corrected chi connectivity index (χ3v) is 3.80. The molecule has 0 aliphatic carbocycles. The van der Waals surface area contributed by atoms with Crippen LogP contribution in [0.4, 0.5) is 0 Å². The first-order valence-electron chi connectivity index (χ1n) is 6.86. The number of carboxylic acid groups (broad SMARTS) is 1. The zero-order chi connectivity index (χ0) is 17.3. The largest absolute Gasteiger partial charge is 0.479 e. The molecule has 134 valence electrons. The molecule has 0 unspecified atom stereocenters. The molecular formula is C12H20O11. The van der Waals surface area contributed by atoms with Crippen LogP contribution in [0.15, 0.2) is 0 Å². The Morgan fingerprint density at radius 3 is 2.26 bits per heavy atom. The maximum absolute atomic E-state index is 11.0. The molecule has 23 heavy (non-hydrogen) atoms. The average molecular weight is 340 g/mol. The molecule has 11 heteroatoms. The molecule has 9 atom stereocenters. The van der Waals surface area contributed by atoms with Crippen molar-refractivity contribution < 1.29 is 54.4 Å². The van der Waals surface area contributed by atoms with Crippen molar-refractivity contribution in [3.05, 3.63) is 0 Å². The highest BCUT2D eigenvalue weighted by Crippen LogP contribution is 2.27. The molecule has 2 fully saturated rings. The number of hydrogen-bond donors (Lipinski definition) is 6. The summed E-state index contributed by atoms with van der Waals surface area (Å²) in [6.07, 6.45) is -13.9.